The van der Waals surface area contributed by atoms with Crippen LogP contribution < -0.4 is 10.6 Å². The molecule has 2 N–H and O–H groups in total. The predicted octanol–water partition coefficient (Wildman–Crippen LogP) is 3.14. The van der Waals surface area contributed by atoms with Gasteiger partial charge in [0.2, 0.25) is 0 Å². The largest absolute Gasteiger partial charge is 0.451 e. The van der Waals surface area contributed by atoms with Crippen molar-refractivity contribution in [2.24, 2.45) is 0 Å². The minimum atomic E-state index is -0.981. The molecular weight excluding hydrogens is 356 g/mol. The normalized spacial score (nSPS) is 11.5. The third kappa shape index (κ3) is 4.94. The zero-order valence-electron chi connectivity index (χ0n) is 15.3. The van der Waals surface area contributed by atoms with Gasteiger partial charge in [-0.15, -0.1) is 0 Å². The van der Waals surface area contributed by atoms with E-state index in [-0.39, 0.29) is 12.5 Å². The molecule has 0 radical (unpaired) electrons. The maximum atomic E-state index is 12.3. The molecule has 0 unspecified atom stereocenters. The Morgan fingerprint density at radius 2 is 1.57 bits per heavy atom. The van der Waals surface area contributed by atoms with E-state index in [1.807, 2.05) is 36.4 Å². The summed E-state index contributed by atoms with van der Waals surface area (Å²) in [5, 5.41) is 7.12. The summed E-state index contributed by atoms with van der Waals surface area (Å²) in [4.78, 5) is 36.3. The fourth-order valence-corrected chi connectivity index (χ4v) is 2.64. The summed E-state index contributed by atoms with van der Waals surface area (Å²) >= 11 is 0. The van der Waals surface area contributed by atoms with Crippen LogP contribution in [0.5, 0.6) is 0 Å². The van der Waals surface area contributed by atoms with Gasteiger partial charge in [0.25, 0.3) is 11.8 Å². The summed E-state index contributed by atoms with van der Waals surface area (Å²) in [6, 6.07) is 21.8. The van der Waals surface area contributed by atoms with E-state index in [1.165, 1.54) is 6.92 Å². The summed E-state index contributed by atoms with van der Waals surface area (Å²) in [5.41, 5.74) is 1.06. The van der Waals surface area contributed by atoms with E-state index in [9.17, 15) is 14.4 Å². The maximum absolute atomic E-state index is 12.3. The van der Waals surface area contributed by atoms with Crippen LogP contribution in [0.4, 0.5) is 5.69 Å². The van der Waals surface area contributed by atoms with Gasteiger partial charge in [-0.1, -0.05) is 48.5 Å². The number of para-hydroxylation sites is 1. The van der Waals surface area contributed by atoms with Gasteiger partial charge in [0.05, 0.1) is 0 Å². The van der Waals surface area contributed by atoms with Crippen molar-refractivity contribution in [2.75, 3.05) is 11.9 Å². The number of fused-ring (bicyclic) bond motifs is 1. The number of rotatable bonds is 6. The molecule has 3 rings (SSSR count). The van der Waals surface area contributed by atoms with Crippen LogP contribution in [0.3, 0.4) is 0 Å². The van der Waals surface area contributed by atoms with Crippen LogP contribution in [0.15, 0.2) is 72.8 Å². The average molecular weight is 376 g/mol. The number of carbonyl (C=O) groups is 3. The molecule has 0 aliphatic carbocycles. The molecule has 0 saturated heterocycles. The smallest absolute Gasteiger partial charge is 0.326 e. The minimum Gasteiger partial charge on any atom is -0.451 e. The Balaban J connectivity index is 1.50. The molecule has 2 amide bonds. The van der Waals surface area contributed by atoms with Gasteiger partial charge in [-0.05, 0) is 42.0 Å². The van der Waals surface area contributed by atoms with E-state index in [0.717, 1.165) is 10.8 Å². The van der Waals surface area contributed by atoms with Gasteiger partial charge in [0.15, 0.2) is 6.10 Å². The van der Waals surface area contributed by atoms with Crippen molar-refractivity contribution < 1.29 is 19.1 Å². The summed E-state index contributed by atoms with van der Waals surface area (Å²) < 4.78 is 5.08. The first-order chi connectivity index (χ1) is 13.5. The van der Waals surface area contributed by atoms with Crippen molar-refractivity contribution in [3.05, 3.63) is 78.4 Å². The number of ether oxygens (including phenoxy) is 1. The summed E-state index contributed by atoms with van der Waals surface area (Å²) in [5.74, 6) is -1.52. The highest BCUT2D eigenvalue weighted by Crippen LogP contribution is 2.15. The Hall–Kier alpha value is -3.67. The monoisotopic (exact) mass is 376 g/mol. The van der Waals surface area contributed by atoms with E-state index in [4.69, 9.17) is 4.74 Å². The van der Waals surface area contributed by atoms with Crippen LogP contribution in [0.2, 0.25) is 0 Å². The number of amides is 2. The Labute approximate surface area is 162 Å². The van der Waals surface area contributed by atoms with Crippen molar-refractivity contribution in [3.8, 4) is 0 Å². The van der Waals surface area contributed by atoms with E-state index < -0.39 is 18.0 Å². The van der Waals surface area contributed by atoms with Crippen LogP contribution in [0.1, 0.15) is 17.3 Å². The van der Waals surface area contributed by atoms with Crippen LogP contribution in [-0.4, -0.2) is 30.4 Å². The maximum Gasteiger partial charge on any atom is 0.326 e. The van der Waals surface area contributed by atoms with E-state index in [0.29, 0.717) is 11.3 Å². The Bertz CT molecular complexity index is 1000. The summed E-state index contributed by atoms with van der Waals surface area (Å²) in [6.45, 7) is 1.15. The van der Waals surface area contributed by atoms with Crippen LogP contribution in [0, 0.1) is 0 Å². The second-order valence-corrected chi connectivity index (χ2v) is 6.23. The van der Waals surface area contributed by atoms with E-state index in [1.54, 1.807) is 36.4 Å². The van der Waals surface area contributed by atoms with Crippen molar-refractivity contribution in [1.82, 2.24) is 5.32 Å². The third-order valence-corrected chi connectivity index (χ3v) is 4.12. The molecule has 0 heterocycles. The molecule has 0 aliphatic rings. The van der Waals surface area contributed by atoms with Crippen LogP contribution in [-0.2, 0) is 14.3 Å². The zero-order chi connectivity index (χ0) is 19.9. The van der Waals surface area contributed by atoms with E-state index in [2.05, 4.69) is 10.6 Å². The molecule has 28 heavy (non-hydrogen) atoms. The first kappa shape index (κ1) is 19.1. The lowest BCUT2D eigenvalue weighted by Crippen LogP contribution is -2.35. The number of esters is 1. The van der Waals surface area contributed by atoms with Gasteiger partial charge in [0.1, 0.15) is 6.54 Å². The minimum absolute atomic E-state index is 0.325. The van der Waals surface area contributed by atoms with Gasteiger partial charge in [-0.3, -0.25) is 14.4 Å². The number of benzene rings is 3. The highest BCUT2D eigenvalue weighted by Gasteiger charge is 2.18. The molecule has 142 valence electrons. The van der Waals surface area contributed by atoms with Gasteiger partial charge >= 0.3 is 5.97 Å². The molecule has 3 aromatic rings. The number of hydrogen-bond donors (Lipinski definition) is 2. The van der Waals surface area contributed by atoms with Crippen molar-refractivity contribution in [1.29, 1.82) is 0 Å². The molecule has 0 spiro atoms. The van der Waals surface area contributed by atoms with Gasteiger partial charge in [0, 0.05) is 11.3 Å². The summed E-state index contributed by atoms with van der Waals surface area (Å²) in [6.07, 6.45) is -0.981. The first-order valence-corrected chi connectivity index (χ1v) is 8.85. The summed E-state index contributed by atoms with van der Waals surface area (Å²) in [7, 11) is 0. The second-order valence-electron chi connectivity index (χ2n) is 6.23. The standard InChI is InChI=1S/C22H20N2O4/c1-15(21(26)24-19-9-3-2-4-10-19)28-20(25)14-23-22(27)18-12-11-16-7-5-6-8-17(16)13-18/h2-13,15H,14H2,1H3,(H,23,27)(H,24,26)/t15-/m0/s1. The lowest BCUT2D eigenvalue weighted by Gasteiger charge is -2.14. The third-order valence-electron chi connectivity index (χ3n) is 4.12. The van der Waals surface area contributed by atoms with E-state index >= 15 is 0 Å². The Kier molecular flexibility index (Phi) is 6.01. The Morgan fingerprint density at radius 1 is 0.893 bits per heavy atom. The molecule has 1 atom stereocenters. The quantitative estimate of drug-likeness (QED) is 0.648. The van der Waals surface area contributed by atoms with Crippen LogP contribution in [0.25, 0.3) is 10.8 Å². The Morgan fingerprint density at radius 3 is 2.32 bits per heavy atom. The molecular formula is C22H20N2O4. The molecule has 0 fully saturated rings. The zero-order valence-corrected chi connectivity index (χ0v) is 15.3. The van der Waals surface area contributed by atoms with Crippen LogP contribution >= 0.6 is 0 Å². The fourth-order valence-electron chi connectivity index (χ4n) is 2.64. The molecule has 0 bridgehead atoms. The average Bonchev–Trinajstić information content (AvgIpc) is 2.72. The number of carbonyl (C=O) groups excluding carboxylic acids is 3. The van der Waals surface area contributed by atoms with Gasteiger partial charge < -0.3 is 15.4 Å². The van der Waals surface area contributed by atoms with Crippen molar-refractivity contribution in [3.63, 3.8) is 0 Å². The molecule has 0 aromatic heterocycles. The van der Waals surface area contributed by atoms with Crippen molar-refractivity contribution >= 4 is 34.2 Å². The molecule has 0 aliphatic heterocycles. The molecule has 6 nitrogen and oxygen atoms in total. The van der Waals surface area contributed by atoms with Gasteiger partial charge in [-0.25, -0.2) is 0 Å². The molecule has 0 saturated carbocycles. The number of anilines is 1. The highest BCUT2D eigenvalue weighted by atomic mass is 16.5. The number of nitrogens with one attached hydrogen (secondary N) is 2. The van der Waals surface area contributed by atoms with Gasteiger partial charge in [-0.2, -0.15) is 0 Å². The topological polar surface area (TPSA) is 84.5 Å². The number of hydrogen-bond acceptors (Lipinski definition) is 4. The predicted molar refractivity (Wildman–Crippen MR) is 107 cm³/mol. The first-order valence-electron chi connectivity index (χ1n) is 8.85. The lowest BCUT2D eigenvalue weighted by atomic mass is 10.1. The molecule has 3 aromatic carbocycles. The van der Waals surface area contributed by atoms with Crippen molar-refractivity contribution in [2.45, 2.75) is 13.0 Å². The SMILES string of the molecule is C[C@H](OC(=O)CNC(=O)c1ccc2ccccc2c1)C(=O)Nc1ccccc1. The lowest BCUT2D eigenvalue weighted by molar-refractivity contribution is -0.152. The fraction of sp³-hybridized carbons (Fsp3) is 0.136. The highest BCUT2D eigenvalue weighted by molar-refractivity contribution is 6.00. The second kappa shape index (κ2) is 8.81. The molecule has 6 heteroatoms.